The van der Waals surface area contributed by atoms with Gasteiger partial charge in [-0.15, -0.1) is 0 Å². The molecule has 26 heavy (non-hydrogen) atoms. The van der Waals surface area contributed by atoms with Crippen LogP contribution < -0.4 is 0 Å². The van der Waals surface area contributed by atoms with E-state index < -0.39 is 0 Å². The molecule has 0 bridgehead atoms. The van der Waals surface area contributed by atoms with Gasteiger partial charge in [-0.05, 0) is 36.2 Å². The van der Waals surface area contributed by atoms with Gasteiger partial charge in [-0.3, -0.25) is 4.79 Å². The van der Waals surface area contributed by atoms with Gasteiger partial charge in [0.05, 0.1) is 0 Å². The lowest BCUT2D eigenvalue weighted by Gasteiger charge is -2.17. The normalized spacial score (nSPS) is 17.4. The van der Waals surface area contributed by atoms with Crippen molar-refractivity contribution in [1.82, 2.24) is 9.88 Å². The van der Waals surface area contributed by atoms with E-state index in [1.165, 1.54) is 6.07 Å². The summed E-state index contributed by atoms with van der Waals surface area (Å²) in [6, 6.07) is 12.2. The summed E-state index contributed by atoms with van der Waals surface area (Å²) in [4.78, 5) is 19.1. The molecule has 1 amide bonds. The summed E-state index contributed by atoms with van der Waals surface area (Å²) in [5, 5.41) is 0. The molecule has 0 saturated carbocycles. The van der Waals surface area contributed by atoms with E-state index in [1.54, 1.807) is 29.2 Å². The van der Waals surface area contributed by atoms with Crippen LogP contribution in [0, 0.1) is 5.82 Å². The maximum Gasteiger partial charge on any atom is 0.253 e. The van der Waals surface area contributed by atoms with Gasteiger partial charge in [0.1, 0.15) is 11.3 Å². The van der Waals surface area contributed by atoms with Crippen molar-refractivity contribution >= 4 is 17.0 Å². The molecule has 0 radical (unpaired) electrons. The van der Waals surface area contributed by atoms with Gasteiger partial charge in [-0.25, -0.2) is 9.37 Å². The quantitative estimate of drug-likeness (QED) is 0.685. The van der Waals surface area contributed by atoms with Gasteiger partial charge in [-0.2, -0.15) is 0 Å². The molecule has 134 valence electrons. The number of oxazole rings is 1. The number of hydrogen-bond acceptors (Lipinski definition) is 3. The molecule has 0 aliphatic carbocycles. The van der Waals surface area contributed by atoms with Crippen molar-refractivity contribution in [3.8, 4) is 0 Å². The third kappa shape index (κ3) is 2.98. The molecule has 1 saturated heterocycles. The second kappa shape index (κ2) is 6.56. The van der Waals surface area contributed by atoms with Crippen LogP contribution in [0.25, 0.3) is 11.1 Å². The van der Waals surface area contributed by atoms with Gasteiger partial charge < -0.3 is 9.32 Å². The van der Waals surface area contributed by atoms with E-state index in [0.29, 0.717) is 41.2 Å². The SMILES string of the molecule is CC(C)c1nc2cc(C(=O)N3CCC(c4ccccc4F)C3)ccc2o1. The largest absolute Gasteiger partial charge is 0.440 e. The predicted octanol–water partition coefficient (Wildman–Crippen LogP) is 4.72. The molecule has 1 unspecified atom stereocenters. The van der Waals surface area contributed by atoms with Crippen LogP contribution in [0.3, 0.4) is 0 Å². The molecule has 1 fully saturated rings. The summed E-state index contributed by atoms with van der Waals surface area (Å²) in [6.07, 6.45) is 0.774. The zero-order valence-corrected chi connectivity index (χ0v) is 14.9. The van der Waals surface area contributed by atoms with E-state index in [1.807, 2.05) is 26.0 Å². The van der Waals surface area contributed by atoms with Gasteiger partial charge in [0.15, 0.2) is 11.5 Å². The van der Waals surface area contributed by atoms with Crippen LogP contribution in [0.4, 0.5) is 4.39 Å². The van der Waals surface area contributed by atoms with Crippen LogP contribution in [0.1, 0.15) is 53.9 Å². The van der Waals surface area contributed by atoms with E-state index in [-0.39, 0.29) is 23.6 Å². The minimum absolute atomic E-state index is 0.0418. The van der Waals surface area contributed by atoms with E-state index in [9.17, 15) is 9.18 Å². The van der Waals surface area contributed by atoms with Gasteiger partial charge in [-0.1, -0.05) is 32.0 Å². The Bertz CT molecular complexity index is 964. The summed E-state index contributed by atoms with van der Waals surface area (Å²) in [5.74, 6) is 0.674. The fourth-order valence-electron chi connectivity index (χ4n) is 3.51. The van der Waals surface area contributed by atoms with Crippen molar-refractivity contribution in [2.45, 2.75) is 32.1 Å². The minimum atomic E-state index is -0.197. The van der Waals surface area contributed by atoms with Crippen LogP contribution in [-0.2, 0) is 0 Å². The molecule has 1 atom stereocenters. The molecule has 1 aliphatic rings. The molecule has 2 aromatic carbocycles. The number of amides is 1. The monoisotopic (exact) mass is 352 g/mol. The first-order valence-electron chi connectivity index (χ1n) is 8.97. The lowest BCUT2D eigenvalue weighted by atomic mass is 9.98. The van der Waals surface area contributed by atoms with Crippen molar-refractivity contribution in [3.63, 3.8) is 0 Å². The first-order chi connectivity index (χ1) is 12.5. The summed E-state index contributed by atoms with van der Waals surface area (Å²) in [6.45, 7) is 5.20. The van der Waals surface area contributed by atoms with Crippen LogP contribution in [-0.4, -0.2) is 28.9 Å². The van der Waals surface area contributed by atoms with E-state index in [2.05, 4.69) is 4.98 Å². The number of nitrogens with zero attached hydrogens (tertiary/aromatic N) is 2. The van der Waals surface area contributed by atoms with Crippen LogP contribution in [0.5, 0.6) is 0 Å². The maximum atomic E-state index is 14.0. The van der Waals surface area contributed by atoms with Gasteiger partial charge >= 0.3 is 0 Å². The number of likely N-dealkylation sites (tertiary alicyclic amines) is 1. The first-order valence-corrected chi connectivity index (χ1v) is 8.97. The zero-order valence-electron chi connectivity index (χ0n) is 14.9. The van der Waals surface area contributed by atoms with Crippen LogP contribution in [0.2, 0.25) is 0 Å². The number of fused-ring (bicyclic) bond motifs is 1. The second-order valence-corrected chi connectivity index (χ2v) is 7.15. The van der Waals surface area contributed by atoms with Crippen molar-refractivity contribution in [3.05, 3.63) is 65.3 Å². The third-order valence-corrected chi connectivity index (χ3v) is 4.97. The number of benzene rings is 2. The minimum Gasteiger partial charge on any atom is -0.440 e. The molecular formula is C21H21FN2O2. The smallest absolute Gasteiger partial charge is 0.253 e. The zero-order chi connectivity index (χ0) is 18.3. The Labute approximate surface area is 151 Å². The number of halogens is 1. The Morgan fingerprint density at radius 1 is 1.27 bits per heavy atom. The fraction of sp³-hybridized carbons (Fsp3) is 0.333. The van der Waals surface area contributed by atoms with Gasteiger partial charge in [0.25, 0.3) is 5.91 Å². The highest BCUT2D eigenvalue weighted by Gasteiger charge is 2.29. The van der Waals surface area contributed by atoms with Gasteiger partial charge in [0.2, 0.25) is 0 Å². The lowest BCUT2D eigenvalue weighted by molar-refractivity contribution is 0.0790. The third-order valence-electron chi connectivity index (χ3n) is 4.97. The van der Waals surface area contributed by atoms with E-state index in [4.69, 9.17) is 4.42 Å². The molecule has 0 N–H and O–H groups in total. The van der Waals surface area contributed by atoms with Crippen molar-refractivity contribution in [2.75, 3.05) is 13.1 Å². The van der Waals surface area contributed by atoms with E-state index >= 15 is 0 Å². The summed E-state index contributed by atoms with van der Waals surface area (Å²) in [5.41, 5.74) is 2.67. The fourth-order valence-corrected chi connectivity index (χ4v) is 3.51. The number of rotatable bonds is 3. The van der Waals surface area contributed by atoms with Crippen LogP contribution in [0.15, 0.2) is 46.9 Å². The Hall–Kier alpha value is -2.69. The highest BCUT2D eigenvalue weighted by atomic mass is 19.1. The molecule has 2 heterocycles. The average Bonchev–Trinajstić information content (AvgIpc) is 3.28. The summed E-state index contributed by atoms with van der Waals surface area (Å²) in [7, 11) is 0. The molecule has 5 heteroatoms. The standard InChI is InChI=1S/C21H21FN2O2/c1-13(2)20-23-18-11-14(7-8-19(18)26-20)21(25)24-10-9-15(12-24)16-5-3-4-6-17(16)22/h3-8,11,13,15H,9-10,12H2,1-2H3. The summed E-state index contributed by atoms with van der Waals surface area (Å²) < 4.78 is 19.7. The molecule has 4 nitrogen and oxygen atoms in total. The van der Waals surface area contributed by atoms with E-state index in [0.717, 1.165) is 6.42 Å². The predicted molar refractivity (Wildman–Crippen MR) is 97.8 cm³/mol. The number of hydrogen-bond donors (Lipinski definition) is 0. The lowest BCUT2D eigenvalue weighted by Crippen LogP contribution is -2.28. The molecule has 1 aliphatic heterocycles. The summed E-state index contributed by atoms with van der Waals surface area (Å²) >= 11 is 0. The molecular weight excluding hydrogens is 331 g/mol. The topological polar surface area (TPSA) is 46.3 Å². The number of carbonyl (C=O) groups excluding carboxylic acids is 1. The van der Waals surface area contributed by atoms with Gasteiger partial charge in [0, 0.05) is 30.5 Å². The first kappa shape index (κ1) is 16.8. The molecule has 4 rings (SSSR count). The number of aromatic nitrogens is 1. The maximum absolute atomic E-state index is 14.0. The molecule has 3 aromatic rings. The van der Waals surface area contributed by atoms with Crippen molar-refractivity contribution in [2.24, 2.45) is 0 Å². The Morgan fingerprint density at radius 3 is 2.85 bits per heavy atom. The van der Waals surface area contributed by atoms with Crippen molar-refractivity contribution in [1.29, 1.82) is 0 Å². The average molecular weight is 352 g/mol. The Kier molecular flexibility index (Phi) is 4.23. The van der Waals surface area contributed by atoms with Crippen LogP contribution >= 0.6 is 0 Å². The van der Waals surface area contributed by atoms with Crippen molar-refractivity contribution < 1.29 is 13.6 Å². The highest BCUT2D eigenvalue weighted by Crippen LogP contribution is 2.30. The molecule has 0 spiro atoms. The Morgan fingerprint density at radius 2 is 2.08 bits per heavy atom. The number of carbonyl (C=O) groups is 1. The highest BCUT2D eigenvalue weighted by molar-refractivity contribution is 5.97. The second-order valence-electron chi connectivity index (χ2n) is 7.15. The Balaban J connectivity index is 1.54. The molecule has 1 aromatic heterocycles.